The van der Waals surface area contributed by atoms with Crippen molar-refractivity contribution < 1.29 is 0 Å². The Labute approximate surface area is 180 Å². The van der Waals surface area contributed by atoms with E-state index in [-0.39, 0.29) is 0 Å². The molecule has 0 saturated carbocycles. The van der Waals surface area contributed by atoms with E-state index in [0.29, 0.717) is 6.54 Å². The van der Waals surface area contributed by atoms with Gasteiger partial charge in [-0.3, -0.25) is 0 Å². The molecule has 2 rings (SSSR count). The molecule has 0 aliphatic carbocycles. The van der Waals surface area contributed by atoms with Crippen LogP contribution in [0.1, 0.15) is 0 Å². The van der Waals surface area contributed by atoms with E-state index in [0.717, 1.165) is 38.2 Å². The van der Waals surface area contributed by atoms with E-state index in [1.54, 1.807) is 0 Å². The molecule has 7 heteroatoms. The van der Waals surface area contributed by atoms with Crippen LogP contribution in [0.5, 0.6) is 0 Å². The quantitative estimate of drug-likeness (QED) is 0.292. The number of hydrogen-bond acceptors (Lipinski definition) is 1. The first-order chi connectivity index (χ1) is 10.3. The van der Waals surface area contributed by atoms with Crippen LogP contribution in [0, 0.1) is 0 Å². The van der Waals surface area contributed by atoms with Gasteiger partial charge in [-0.05, 0) is 88.0 Å². The number of halogens is 6. The molecule has 0 aliphatic heterocycles. The van der Waals surface area contributed by atoms with Crippen LogP contribution in [0.15, 0.2) is 63.8 Å². The molecule has 0 spiro atoms. The summed E-state index contributed by atoms with van der Waals surface area (Å²) in [5, 5.41) is 0. The Morgan fingerprint density at radius 1 is 0.727 bits per heavy atom. The molecule has 0 radical (unpaired) electrons. The predicted molar refractivity (Wildman–Crippen MR) is 116 cm³/mol. The number of nitrogens with zero attached hydrogens (tertiary/aromatic N) is 1. The van der Waals surface area contributed by atoms with Crippen molar-refractivity contribution in [2.24, 2.45) is 0 Å². The lowest BCUT2D eigenvalue weighted by Gasteiger charge is -2.28. The van der Waals surface area contributed by atoms with E-state index in [9.17, 15) is 0 Å². The molecule has 0 unspecified atom stereocenters. The highest BCUT2D eigenvalue weighted by atomic mass is 79.9. The number of rotatable bonds is 4. The van der Waals surface area contributed by atoms with Crippen LogP contribution in [0.3, 0.4) is 0 Å². The first-order valence-electron chi connectivity index (χ1n) is 6.02. The third kappa shape index (κ3) is 4.28. The van der Waals surface area contributed by atoms with Crippen molar-refractivity contribution in [2.45, 2.75) is 0 Å². The van der Waals surface area contributed by atoms with Crippen LogP contribution < -0.4 is 4.90 Å². The van der Waals surface area contributed by atoms with Crippen LogP contribution in [-0.2, 0) is 0 Å². The molecule has 116 valence electrons. The number of hydrogen-bond donors (Lipinski definition) is 0. The van der Waals surface area contributed by atoms with Crippen LogP contribution in [0.4, 0.5) is 11.4 Å². The van der Waals surface area contributed by atoms with Gasteiger partial charge in [0.2, 0.25) is 0 Å². The van der Waals surface area contributed by atoms with E-state index < -0.39 is 0 Å². The van der Waals surface area contributed by atoms with Crippen molar-refractivity contribution in [1.82, 2.24) is 0 Å². The molecule has 0 heterocycles. The summed E-state index contributed by atoms with van der Waals surface area (Å²) in [6.07, 6.45) is 1.88. The lowest BCUT2D eigenvalue weighted by molar-refractivity contribution is 1.07. The third-order valence-electron chi connectivity index (χ3n) is 2.81. The molecule has 0 bridgehead atoms. The Morgan fingerprint density at radius 2 is 1.05 bits per heavy atom. The summed E-state index contributed by atoms with van der Waals surface area (Å²) < 4.78 is 5.94. The topological polar surface area (TPSA) is 3.24 Å². The Kier molecular flexibility index (Phi) is 7.24. The van der Waals surface area contributed by atoms with E-state index in [1.165, 1.54) is 0 Å². The molecule has 0 N–H and O–H groups in total. The predicted octanol–water partition coefficient (Wildman–Crippen LogP) is 8.59. The van der Waals surface area contributed by atoms with Gasteiger partial charge in [-0.2, -0.15) is 0 Å². The first kappa shape index (κ1) is 19.2. The number of benzene rings is 2. The molecular formula is C15H9Br6N. The van der Waals surface area contributed by atoms with Crippen LogP contribution in [0.2, 0.25) is 0 Å². The maximum atomic E-state index is 3.88. The lowest BCUT2D eigenvalue weighted by Crippen LogP contribution is -2.19. The maximum Gasteiger partial charge on any atom is 0.0703 e. The molecule has 1 nitrogen and oxygen atoms in total. The molecule has 0 aliphatic rings. The van der Waals surface area contributed by atoms with Gasteiger partial charge in [0.05, 0.1) is 11.4 Å². The SMILES string of the molecule is C=CCN(c1c(Br)cc(Br)cc1Br)c1c(Br)cc(Br)cc1Br. The summed E-state index contributed by atoms with van der Waals surface area (Å²) in [5.41, 5.74) is 2.07. The van der Waals surface area contributed by atoms with E-state index in [2.05, 4.69) is 107 Å². The van der Waals surface area contributed by atoms with Crippen LogP contribution in [-0.4, -0.2) is 6.54 Å². The van der Waals surface area contributed by atoms with Gasteiger partial charge in [0.25, 0.3) is 0 Å². The molecule has 0 aromatic heterocycles. The standard InChI is InChI=1S/C15H9Br6N/c1-2-3-22(14-10(18)4-8(16)5-11(14)19)15-12(20)6-9(17)7-13(15)21/h2,4-7H,1,3H2. The van der Waals surface area contributed by atoms with E-state index in [4.69, 9.17) is 0 Å². The van der Waals surface area contributed by atoms with Gasteiger partial charge in [-0.25, -0.2) is 0 Å². The Balaban J connectivity index is 2.69. The monoisotopic (exact) mass is 677 g/mol. The minimum atomic E-state index is 0.664. The average molecular weight is 683 g/mol. The largest absolute Gasteiger partial charge is 0.334 e. The Morgan fingerprint density at radius 3 is 1.32 bits per heavy atom. The minimum absolute atomic E-state index is 0.664. The van der Waals surface area contributed by atoms with Crippen molar-refractivity contribution in [1.29, 1.82) is 0 Å². The second-order valence-electron chi connectivity index (χ2n) is 4.34. The molecule has 2 aromatic rings. The Hall–Kier alpha value is 0.860. The van der Waals surface area contributed by atoms with Crippen molar-refractivity contribution >= 4 is 107 Å². The lowest BCUT2D eigenvalue weighted by atomic mass is 10.2. The summed E-state index contributed by atoms with van der Waals surface area (Å²) in [6, 6.07) is 8.10. The molecule has 22 heavy (non-hydrogen) atoms. The average Bonchev–Trinajstić information content (AvgIpc) is 2.36. The van der Waals surface area contributed by atoms with Gasteiger partial charge < -0.3 is 4.90 Å². The summed E-state index contributed by atoms with van der Waals surface area (Å²) >= 11 is 21.6. The van der Waals surface area contributed by atoms with Gasteiger partial charge in [0.1, 0.15) is 0 Å². The second kappa shape index (κ2) is 8.30. The van der Waals surface area contributed by atoms with E-state index >= 15 is 0 Å². The normalized spacial score (nSPS) is 10.6. The third-order valence-corrected chi connectivity index (χ3v) is 6.15. The summed E-state index contributed by atoms with van der Waals surface area (Å²) in [6.45, 7) is 4.55. The van der Waals surface area contributed by atoms with Crippen molar-refractivity contribution in [3.63, 3.8) is 0 Å². The zero-order valence-electron chi connectivity index (χ0n) is 11.0. The zero-order chi connectivity index (χ0) is 16.4. The molecule has 0 fully saturated rings. The fourth-order valence-electron chi connectivity index (χ4n) is 2.01. The first-order valence-corrected chi connectivity index (χ1v) is 10.8. The minimum Gasteiger partial charge on any atom is -0.334 e. The summed E-state index contributed by atoms with van der Waals surface area (Å²) in [5.74, 6) is 0. The maximum absolute atomic E-state index is 3.88. The Bertz CT molecular complexity index is 624. The van der Waals surface area contributed by atoms with Crippen LogP contribution in [0.25, 0.3) is 0 Å². The van der Waals surface area contributed by atoms with Crippen molar-refractivity contribution in [3.8, 4) is 0 Å². The fraction of sp³-hybridized carbons (Fsp3) is 0.0667. The van der Waals surface area contributed by atoms with Gasteiger partial charge in [0.15, 0.2) is 0 Å². The number of anilines is 2. The molecule has 0 amide bonds. The highest BCUT2D eigenvalue weighted by Crippen LogP contribution is 2.45. The molecular weight excluding hydrogens is 674 g/mol. The van der Waals surface area contributed by atoms with Crippen LogP contribution >= 0.6 is 95.6 Å². The molecule has 0 saturated heterocycles. The zero-order valence-corrected chi connectivity index (χ0v) is 20.5. The van der Waals surface area contributed by atoms with Gasteiger partial charge in [-0.1, -0.05) is 37.9 Å². The van der Waals surface area contributed by atoms with Crippen molar-refractivity contribution in [2.75, 3.05) is 11.4 Å². The summed E-state index contributed by atoms with van der Waals surface area (Å²) in [4.78, 5) is 2.17. The molecule has 0 atom stereocenters. The van der Waals surface area contributed by atoms with Gasteiger partial charge >= 0.3 is 0 Å². The smallest absolute Gasteiger partial charge is 0.0703 e. The highest BCUT2D eigenvalue weighted by molar-refractivity contribution is 9.12. The van der Waals surface area contributed by atoms with Gasteiger partial charge in [0, 0.05) is 33.4 Å². The fourth-order valence-corrected chi connectivity index (χ4v) is 7.38. The second-order valence-corrected chi connectivity index (χ2v) is 9.58. The van der Waals surface area contributed by atoms with Crippen molar-refractivity contribution in [3.05, 3.63) is 63.8 Å². The molecule has 2 aromatic carbocycles. The van der Waals surface area contributed by atoms with E-state index in [1.807, 2.05) is 30.3 Å². The highest BCUT2D eigenvalue weighted by Gasteiger charge is 2.20. The van der Waals surface area contributed by atoms with Gasteiger partial charge in [-0.15, -0.1) is 6.58 Å². The summed E-state index contributed by atoms with van der Waals surface area (Å²) in [7, 11) is 0.